The van der Waals surface area contributed by atoms with E-state index in [1.807, 2.05) is 29.7 Å². The van der Waals surface area contributed by atoms with Gasteiger partial charge in [0.2, 0.25) is 0 Å². The molecule has 2 unspecified atom stereocenters. The van der Waals surface area contributed by atoms with Crippen molar-refractivity contribution in [2.45, 2.75) is 52.1 Å². The number of hydrogen-bond acceptors (Lipinski definition) is 2. The highest BCUT2D eigenvalue weighted by Gasteiger charge is 2.27. The molecule has 20 heavy (non-hydrogen) atoms. The summed E-state index contributed by atoms with van der Waals surface area (Å²) in [5, 5.41) is 0. The zero-order valence-corrected chi connectivity index (χ0v) is 12.8. The Kier molecular flexibility index (Phi) is 3.93. The van der Waals surface area contributed by atoms with E-state index in [1.54, 1.807) is 19.3 Å². The molecule has 0 amide bonds. The topological polar surface area (TPSA) is 30.7 Å². The average molecular weight is 275 g/mol. The number of hydrogen-bond donors (Lipinski definition) is 0. The third-order valence-corrected chi connectivity index (χ3v) is 3.49. The lowest BCUT2D eigenvalue weighted by Crippen LogP contribution is -2.21. The van der Waals surface area contributed by atoms with Crippen molar-refractivity contribution < 1.29 is 4.39 Å². The summed E-state index contributed by atoms with van der Waals surface area (Å²) in [5.41, 5.74) is 0.735. The van der Waals surface area contributed by atoms with E-state index >= 15 is 0 Å². The molecule has 0 saturated carbocycles. The van der Waals surface area contributed by atoms with Crippen molar-refractivity contribution in [2.75, 3.05) is 0 Å². The van der Waals surface area contributed by atoms with Crippen molar-refractivity contribution in [1.82, 2.24) is 14.5 Å². The molecule has 0 aromatic carbocycles. The summed E-state index contributed by atoms with van der Waals surface area (Å²) in [6, 6.07) is 5.73. The van der Waals surface area contributed by atoms with Crippen LogP contribution in [0.2, 0.25) is 0 Å². The van der Waals surface area contributed by atoms with Gasteiger partial charge in [-0.1, -0.05) is 33.8 Å². The quantitative estimate of drug-likeness (QED) is 0.846. The molecule has 0 aliphatic rings. The Morgan fingerprint density at radius 3 is 2.35 bits per heavy atom. The zero-order valence-electron chi connectivity index (χ0n) is 12.8. The summed E-state index contributed by atoms with van der Waals surface area (Å²) in [7, 11) is 0. The summed E-state index contributed by atoms with van der Waals surface area (Å²) in [5.74, 6) is 1.47. The number of aromatic nitrogens is 3. The summed E-state index contributed by atoms with van der Waals surface area (Å²) in [6.07, 6.45) is 2.59. The number of rotatable bonds is 3. The van der Waals surface area contributed by atoms with Gasteiger partial charge < -0.3 is 0 Å². The predicted octanol–water partition coefficient (Wildman–Crippen LogP) is 4.03. The largest absolute Gasteiger partial charge is 0.284 e. The van der Waals surface area contributed by atoms with E-state index in [0.29, 0.717) is 0 Å². The van der Waals surface area contributed by atoms with Crippen molar-refractivity contribution in [2.24, 2.45) is 0 Å². The maximum absolute atomic E-state index is 13.7. The van der Waals surface area contributed by atoms with E-state index in [1.165, 1.54) is 0 Å². The van der Waals surface area contributed by atoms with Gasteiger partial charge in [-0.2, -0.15) is 0 Å². The number of pyridine rings is 1. The molecule has 2 aromatic rings. The lowest BCUT2D eigenvalue weighted by atomic mass is 9.95. The zero-order chi connectivity index (χ0) is 14.9. The molecule has 0 fully saturated rings. The van der Waals surface area contributed by atoms with Crippen LogP contribution in [-0.4, -0.2) is 20.7 Å². The number of alkyl halides is 1. The van der Waals surface area contributed by atoms with Gasteiger partial charge in [-0.25, -0.2) is 14.4 Å². The molecule has 0 aliphatic carbocycles. The number of halogens is 1. The second-order valence-electron chi connectivity index (χ2n) is 6.25. The lowest BCUT2D eigenvalue weighted by molar-refractivity contribution is 0.311. The molecule has 0 radical (unpaired) electrons. The van der Waals surface area contributed by atoms with Gasteiger partial charge in [0.1, 0.15) is 17.8 Å². The molecule has 0 spiro atoms. The van der Waals surface area contributed by atoms with Crippen LogP contribution < -0.4 is 0 Å². The molecular weight excluding hydrogens is 253 g/mol. The molecule has 0 saturated heterocycles. The Morgan fingerprint density at radius 1 is 1.15 bits per heavy atom. The van der Waals surface area contributed by atoms with Crippen LogP contribution >= 0.6 is 0 Å². The molecule has 2 rings (SSSR count). The third-order valence-electron chi connectivity index (χ3n) is 3.49. The molecule has 3 nitrogen and oxygen atoms in total. The first-order valence-electron chi connectivity index (χ1n) is 6.96. The standard InChI is InChI=1S/C16H22FN3/c1-11(12(2)17)13-10-19-15(16(3,4)5)20(13)14-8-6-7-9-18-14/h6-12H,1-5H3. The van der Waals surface area contributed by atoms with Gasteiger partial charge >= 0.3 is 0 Å². The normalized spacial score (nSPS) is 15.1. The smallest absolute Gasteiger partial charge is 0.138 e. The van der Waals surface area contributed by atoms with Gasteiger partial charge in [-0.3, -0.25) is 4.57 Å². The first-order chi connectivity index (χ1) is 9.32. The Morgan fingerprint density at radius 2 is 1.85 bits per heavy atom. The molecule has 4 heteroatoms. The first-order valence-corrected chi connectivity index (χ1v) is 6.96. The van der Waals surface area contributed by atoms with Crippen molar-refractivity contribution in [1.29, 1.82) is 0 Å². The lowest BCUT2D eigenvalue weighted by Gasteiger charge is -2.22. The van der Waals surface area contributed by atoms with Crippen molar-refractivity contribution in [3.05, 3.63) is 42.1 Å². The SMILES string of the molecule is CC(F)C(C)c1cnc(C(C)(C)C)n1-c1ccccn1. The van der Waals surface area contributed by atoms with Gasteiger partial charge in [-0.05, 0) is 19.1 Å². The predicted molar refractivity (Wildman–Crippen MR) is 79.0 cm³/mol. The second-order valence-corrected chi connectivity index (χ2v) is 6.25. The van der Waals surface area contributed by atoms with Gasteiger partial charge in [0.05, 0.1) is 0 Å². The Hall–Kier alpha value is -1.71. The first kappa shape index (κ1) is 14.7. The highest BCUT2D eigenvalue weighted by atomic mass is 19.1. The fraction of sp³-hybridized carbons (Fsp3) is 0.500. The van der Waals surface area contributed by atoms with Crippen LogP contribution in [-0.2, 0) is 5.41 Å². The van der Waals surface area contributed by atoms with E-state index in [0.717, 1.165) is 17.3 Å². The van der Waals surface area contributed by atoms with Crippen LogP contribution in [0.25, 0.3) is 5.82 Å². The van der Waals surface area contributed by atoms with Crippen LogP contribution in [0.1, 0.15) is 52.1 Å². The van der Waals surface area contributed by atoms with Crippen LogP contribution in [0.15, 0.2) is 30.6 Å². The molecule has 2 heterocycles. The van der Waals surface area contributed by atoms with Crippen LogP contribution in [0.3, 0.4) is 0 Å². The highest BCUT2D eigenvalue weighted by Crippen LogP contribution is 2.30. The van der Waals surface area contributed by atoms with Crippen LogP contribution in [0.4, 0.5) is 4.39 Å². The average Bonchev–Trinajstić information content (AvgIpc) is 2.83. The minimum atomic E-state index is -0.929. The summed E-state index contributed by atoms with van der Waals surface area (Å²) in [6.45, 7) is 9.76. The Bertz CT molecular complexity index is 567. The summed E-state index contributed by atoms with van der Waals surface area (Å²) >= 11 is 0. The van der Waals surface area contributed by atoms with E-state index < -0.39 is 6.17 Å². The molecule has 2 atom stereocenters. The minimum Gasteiger partial charge on any atom is -0.284 e. The molecule has 0 N–H and O–H groups in total. The van der Waals surface area contributed by atoms with E-state index in [9.17, 15) is 4.39 Å². The summed E-state index contributed by atoms with van der Waals surface area (Å²) < 4.78 is 15.7. The fourth-order valence-corrected chi connectivity index (χ4v) is 2.18. The van der Waals surface area contributed by atoms with E-state index in [-0.39, 0.29) is 11.3 Å². The maximum Gasteiger partial charge on any atom is 0.138 e. The van der Waals surface area contributed by atoms with Gasteiger partial charge in [0, 0.05) is 29.4 Å². The van der Waals surface area contributed by atoms with Gasteiger partial charge in [0.15, 0.2) is 0 Å². The maximum atomic E-state index is 13.7. The minimum absolute atomic E-state index is 0.130. The van der Waals surface area contributed by atoms with Gasteiger partial charge in [0.25, 0.3) is 0 Å². The fourth-order valence-electron chi connectivity index (χ4n) is 2.18. The molecule has 108 valence electrons. The molecule has 2 aromatic heterocycles. The number of nitrogens with zero attached hydrogens (tertiary/aromatic N) is 3. The Balaban J connectivity index is 2.64. The number of imidazole rings is 1. The van der Waals surface area contributed by atoms with Crippen molar-refractivity contribution in [3.8, 4) is 5.82 Å². The second kappa shape index (κ2) is 5.35. The molecular formula is C16H22FN3. The molecule has 0 bridgehead atoms. The van der Waals surface area contributed by atoms with Crippen molar-refractivity contribution >= 4 is 0 Å². The van der Waals surface area contributed by atoms with Gasteiger partial charge in [-0.15, -0.1) is 0 Å². The highest BCUT2D eigenvalue weighted by molar-refractivity contribution is 5.32. The summed E-state index contributed by atoms with van der Waals surface area (Å²) in [4.78, 5) is 8.92. The van der Waals surface area contributed by atoms with E-state index in [2.05, 4.69) is 30.7 Å². The van der Waals surface area contributed by atoms with Crippen molar-refractivity contribution in [3.63, 3.8) is 0 Å². The molecule has 0 aliphatic heterocycles. The monoisotopic (exact) mass is 275 g/mol. The third kappa shape index (κ3) is 2.74. The Labute approximate surface area is 119 Å². The van der Waals surface area contributed by atoms with Crippen LogP contribution in [0, 0.1) is 0 Å². The van der Waals surface area contributed by atoms with E-state index in [4.69, 9.17) is 0 Å². The van der Waals surface area contributed by atoms with Crippen LogP contribution in [0.5, 0.6) is 0 Å².